The van der Waals surface area contributed by atoms with Crippen molar-refractivity contribution in [3.8, 4) is 5.75 Å². The number of ether oxygens (including phenoxy) is 1. The van der Waals surface area contributed by atoms with Crippen LogP contribution in [-0.4, -0.2) is 44.9 Å². The number of nitrogens with zero attached hydrogens (tertiary/aromatic N) is 1. The number of sulfonamides is 1. The molecule has 0 aliphatic carbocycles. The summed E-state index contributed by atoms with van der Waals surface area (Å²) in [6.45, 7) is 4.41. The summed E-state index contributed by atoms with van der Waals surface area (Å²) >= 11 is 0. The molecule has 0 aromatic heterocycles. The van der Waals surface area contributed by atoms with Crippen LogP contribution in [0.2, 0.25) is 0 Å². The highest BCUT2D eigenvalue weighted by atomic mass is 32.2. The summed E-state index contributed by atoms with van der Waals surface area (Å²) in [5, 5.41) is 2.74. The molecule has 8 heteroatoms. The molecule has 27 heavy (non-hydrogen) atoms. The fraction of sp³-hybridized carbons (Fsp3) is 0.316. The van der Waals surface area contributed by atoms with Gasteiger partial charge in [0.25, 0.3) is 5.91 Å². The van der Waals surface area contributed by atoms with Crippen molar-refractivity contribution >= 4 is 21.6 Å². The minimum Gasteiger partial charge on any atom is -0.492 e. The van der Waals surface area contributed by atoms with Crippen LogP contribution in [0.25, 0.3) is 0 Å². The number of anilines is 1. The predicted octanol–water partition coefficient (Wildman–Crippen LogP) is 2.31. The lowest BCUT2D eigenvalue weighted by Crippen LogP contribution is -2.33. The summed E-state index contributed by atoms with van der Waals surface area (Å²) in [6.07, 6.45) is 0. The van der Waals surface area contributed by atoms with E-state index in [2.05, 4.69) is 5.32 Å². The lowest BCUT2D eigenvalue weighted by atomic mass is 10.2. The quantitative estimate of drug-likeness (QED) is 0.719. The molecule has 0 saturated carbocycles. The van der Waals surface area contributed by atoms with E-state index in [1.807, 2.05) is 0 Å². The maximum Gasteiger partial charge on any atom is 0.255 e. The molecule has 0 unspecified atom stereocenters. The number of rotatable bonds is 8. The van der Waals surface area contributed by atoms with E-state index < -0.39 is 15.9 Å². The Balaban J connectivity index is 2.16. The van der Waals surface area contributed by atoms with Crippen LogP contribution >= 0.6 is 0 Å². The Labute approximate surface area is 160 Å². The highest BCUT2D eigenvalue weighted by Crippen LogP contribution is 2.20. The van der Waals surface area contributed by atoms with Crippen LogP contribution in [-0.2, 0) is 10.0 Å². The zero-order valence-electron chi connectivity index (χ0n) is 15.7. The van der Waals surface area contributed by atoms with E-state index in [0.717, 1.165) is 0 Å². The largest absolute Gasteiger partial charge is 0.492 e. The molecule has 0 heterocycles. The van der Waals surface area contributed by atoms with Crippen LogP contribution in [0.15, 0.2) is 53.4 Å². The minimum atomic E-state index is -3.66. The van der Waals surface area contributed by atoms with Gasteiger partial charge in [-0.1, -0.05) is 6.07 Å². The van der Waals surface area contributed by atoms with Crippen molar-refractivity contribution in [1.82, 2.24) is 4.31 Å². The van der Waals surface area contributed by atoms with E-state index >= 15 is 0 Å². The Kier molecular flexibility index (Phi) is 6.95. The van der Waals surface area contributed by atoms with Gasteiger partial charge in [-0.05, 0) is 56.3 Å². The molecule has 0 spiro atoms. The summed E-state index contributed by atoms with van der Waals surface area (Å²) in [6, 6.07) is 12.7. The van der Waals surface area contributed by atoms with Crippen molar-refractivity contribution in [2.24, 2.45) is 5.73 Å². The van der Waals surface area contributed by atoms with Gasteiger partial charge in [0.05, 0.1) is 4.90 Å². The number of carbonyl (C=O) groups is 1. The normalized spacial score (nSPS) is 11.6. The number of nitrogens with two attached hydrogens (primary N) is 1. The smallest absolute Gasteiger partial charge is 0.255 e. The standard InChI is InChI=1S/C19H25N3O4S/c1-14(2)22(3)27(24,25)18-6-4-5-15(13-18)19(23)21-16-7-9-17(10-8-16)26-12-11-20/h4-10,13-14H,11-12,20H2,1-3H3,(H,21,23). The molecule has 0 aliphatic heterocycles. The zero-order chi connectivity index (χ0) is 20.0. The predicted molar refractivity (Wildman–Crippen MR) is 105 cm³/mol. The molecule has 0 bridgehead atoms. The van der Waals surface area contributed by atoms with Crippen molar-refractivity contribution in [1.29, 1.82) is 0 Å². The van der Waals surface area contributed by atoms with Gasteiger partial charge in [0.1, 0.15) is 12.4 Å². The Morgan fingerprint density at radius 1 is 1.19 bits per heavy atom. The summed E-state index contributed by atoms with van der Waals surface area (Å²) < 4.78 is 31.9. The maximum absolute atomic E-state index is 12.6. The van der Waals surface area contributed by atoms with Crippen LogP contribution in [0.4, 0.5) is 5.69 Å². The first kappa shape index (κ1) is 20.9. The third kappa shape index (κ3) is 5.29. The first-order chi connectivity index (χ1) is 12.8. The van der Waals surface area contributed by atoms with Gasteiger partial charge in [0, 0.05) is 30.9 Å². The number of benzene rings is 2. The van der Waals surface area contributed by atoms with Crippen molar-refractivity contribution in [2.75, 3.05) is 25.5 Å². The summed E-state index contributed by atoms with van der Waals surface area (Å²) in [5.74, 6) is 0.262. The second-order valence-electron chi connectivity index (χ2n) is 6.26. The number of amides is 1. The Morgan fingerprint density at radius 3 is 2.44 bits per heavy atom. The van der Waals surface area contributed by atoms with Crippen molar-refractivity contribution < 1.29 is 17.9 Å². The van der Waals surface area contributed by atoms with Crippen LogP contribution in [0.1, 0.15) is 24.2 Å². The number of nitrogens with one attached hydrogen (secondary N) is 1. The lowest BCUT2D eigenvalue weighted by molar-refractivity contribution is 0.102. The van der Waals surface area contributed by atoms with E-state index in [1.165, 1.54) is 23.5 Å². The molecule has 2 aromatic carbocycles. The van der Waals surface area contributed by atoms with Crippen LogP contribution in [0, 0.1) is 0 Å². The van der Waals surface area contributed by atoms with Crippen LogP contribution in [0.3, 0.4) is 0 Å². The molecule has 2 rings (SSSR count). The molecule has 2 aromatic rings. The van der Waals surface area contributed by atoms with Gasteiger partial charge in [-0.15, -0.1) is 0 Å². The van der Waals surface area contributed by atoms with Crippen molar-refractivity contribution in [2.45, 2.75) is 24.8 Å². The second-order valence-corrected chi connectivity index (χ2v) is 8.26. The van der Waals surface area contributed by atoms with E-state index in [4.69, 9.17) is 10.5 Å². The third-order valence-electron chi connectivity index (χ3n) is 4.00. The number of hydrogen-bond donors (Lipinski definition) is 2. The van der Waals surface area contributed by atoms with Gasteiger partial charge in [0.15, 0.2) is 0 Å². The molecular weight excluding hydrogens is 366 g/mol. The van der Waals surface area contributed by atoms with Gasteiger partial charge < -0.3 is 15.8 Å². The average molecular weight is 391 g/mol. The lowest BCUT2D eigenvalue weighted by Gasteiger charge is -2.21. The van der Waals surface area contributed by atoms with E-state index in [9.17, 15) is 13.2 Å². The SMILES string of the molecule is CC(C)N(C)S(=O)(=O)c1cccc(C(=O)Nc2ccc(OCCN)cc2)c1. The molecule has 0 aliphatic rings. The van der Waals surface area contributed by atoms with Gasteiger partial charge in [0.2, 0.25) is 10.0 Å². The first-order valence-electron chi connectivity index (χ1n) is 8.58. The second kappa shape index (κ2) is 8.98. The van der Waals surface area contributed by atoms with Gasteiger partial charge in [-0.3, -0.25) is 4.79 Å². The topological polar surface area (TPSA) is 102 Å². The fourth-order valence-corrected chi connectivity index (χ4v) is 3.67. The maximum atomic E-state index is 12.6. The van der Waals surface area contributed by atoms with Crippen LogP contribution < -0.4 is 15.8 Å². The fourth-order valence-electron chi connectivity index (χ4n) is 2.26. The zero-order valence-corrected chi connectivity index (χ0v) is 16.5. The molecule has 0 radical (unpaired) electrons. The van der Waals surface area contributed by atoms with Crippen molar-refractivity contribution in [3.63, 3.8) is 0 Å². The van der Waals surface area contributed by atoms with Crippen LogP contribution in [0.5, 0.6) is 5.75 Å². The summed E-state index contributed by atoms with van der Waals surface area (Å²) in [4.78, 5) is 12.6. The highest BCUT2D eigenvalue weighted by molar-refractivity contribution is 7.89. The van der Waals surface area contributed by atoms with Crippen molar-refractivity contribution in [3.05, 3.63) is 54.1 Å². The highest BCUT2D eigenvalue weighted by Gasteiger charge is 2.23. The molecule has 3 N–H and O–H groups in total. The molecule has 146 valence electrons. The van der Waals surface area contributed by atoms with E-state index in [0.29, 0.717) is 24.6 Å². The average Bonchev–Trinajstić information content (AvgIpc) is 2.66. The van der Waals surface area contributed by atoms with Gasteiger partial charge in [-0.25, -0.2) is 8.42 Å². The molecule has 0 saturated heterocycles. The third-order valence-corrected chi connectivity index (χ3v) is 6.03. The molecule has 0 atom stereocenters. The first-order valence-corrected chi connectivity index (χ1v) is 10.0. The van der Waals surface area contributed by atoms with E-state index in [-0.39, 0.29) is 16.5 Å². The Hall–Kier alpha value is -2.42. The Bertz CT molecular complexity index is 880. The molecular formula is C19H25N3O4S. The van der Waals surface area contributed by atoms with E-state index in [1.54, 1.807) is 50.2 Å². The summed E-state index contributed by atoms with van der Waals surface area (Å²) in [7, 11) is -2.14. The van der Waals surface area contributed by atoms with Gasteiger partial charge >= 0.3 is 0 Å². The minimum absolute atomic E-state index is 0.0804. The number of carbonyl (C=O) groups excluding carboxylic acids is 1. The molecule has 7 nitrogen and oxygen atoms in total. The monoisotopic (exact) mass is 391 g/mol. The molecule has 0 fully saturated rings. The molecule has 1 amide bonds. The summed E-state index contributed by atoms with van der Waals surface area (Å²) in [5.41, 5.74) is 6.22. The Morgan fingerprint density at radius 2 is 1.85 bits per heavy atom. The van der Waals surface area contributed by atoms with Gasteiger partial charge in [-0.2, -0.15) is 4.31 Å². The number of hydrogen-bond acceptors (Lipinski definition) is 5.